The van der Waals surface area contributed by atoms with Gasteiger partial charge in [-0.25, -0.2) is 26.4 Å². The van der Waals surface area contributed by atoms with Gasteiger partial charge in [0.25, 0.3) is 0 Å². The Hall–Kier alpha value is -4.10. The predicted octanol–water partition coefficient (Wildman–Crippen LogP) is 1.22. The van der Waals surface area contributed by atoms with Crippen molar-refractivity contribution < 1.29 is 68.9 Å². The molecule has 1 aliphatic heterocycles. The minimum absolute atomic E-state index is 0.0456. The van der Waals surface area contributed by atoms with E-state index in [1.165, 1.54) is 42.5 Å². The number of ether oxygens (including phenoxy) is 7. The van der Waals surface area contributed by atoms with E-state index in [0.717, 1.165) is 6.07 Å². The fraction of sp³-hybridized carbons (Fsp3) is 0.444. The molecular formula is C36H47N4O15S2-. The Bertz CT molecular complexity index is 2160. The van der Waals surface area contributed by atoms with Crippen LogP contribution in [0.15, 0.2) is 62.7 Å². The first-order valence-electron chi connectivity index (χ1n) is 17.8. The lowest BCUT2D eigenvalue weighted by atomic mass is 9.90. The molecule has 2 aromatic carbocycles. The second kappa shape index (κ2) is 22.7. The average molecular weight is 840 g/mol. The maximum Gasteiger partial charge on any atom is 0.336 e. The van der Waals surface area contributed by atoms with Crippen LogP contribution >= 0.6 is 0 Å². The molecule has 0 unspecified atom stereocenters. The van der Waals surface area contributed by atoms with E-state index in [0.29, 0.717) is 79.2 Å². The Balaban J connectivity index is 1.27. The summed E-state index contributed by atoms with van der Waals surface area (Å²) in [7, 11) is -9.86. The van der Waals surface area contributed by atoms with E-state index in [2.05, 4.69) is 4.72 Å². The molecule has 1 aliphatic carbocycles. The zero-order valence-electron chi connectivity index (χ0n) is 31.1. The maximum atomic E-state index is 13.7. The monoisotopic (exact) mass is 839 g/mol. The smallest absolute Gasteiger partial charge is 0.336 e. The molecule has 7 N–H and O–H groups in total. The van der Waals surface area contributed by atoms with Gasteiger partial charge in [-0.3, -0.25) is 5.41 Å². The standard InChI is InChI=1S/C36H48N4O15S2/c37-9-11-48-13-15-50-17-19-52-21-23-54-24-22-53-20-18-51-16-14-49-12-10-40-56(43,44)34-29(38)7-5-27-31(25-3-1-2-4-26(25)36(41)42)28-6-8-30(39)35(57(45,46)47)33(28)55-32(27)34/h1-8,39-40H,9-24,37-38H2,(H,41,42)(H,45,46,47)/p-1. The number of aromatic carboxylic acids is 1. The highest BCUT2D eigenvalue weighted by atomic mass is 32.2. The first-order chi connectivity index (χ1) is 27.4. The lowest BCUT2D eigenvalue weighted by Crippen LogP contribution is -2.29. The third-order valence-corrected chi connectivity index (χ3v) is 10.4. The molecule has 19 nitrogen and oxygen atoms in total. The van der Waals surface area contributed by atoms with Crippen molar-refractivity contribution >= 4 is 42.8 Å². The highest BCUT2D eigenvalue weighted by Gasteiger charge is 2.30. The number of hydrogen-bond acceptors (Lipinski definition) is 17. The van der Waals surface area contributed by atoms with Crippen LogP contribution in [0.4, 0.5) is 5.69 Å². The summed E-state index contributed by atoms with van der Waals surface area (Å²) in [4.78, 5) is 10.6. The van der Waals surface area contributed by atoms with Crippen LogP contribution in [0.1, 0.15) is 10.4 Å². The van der Waals surface area contributed by atoms with E-state index >= 15 is 0 Å². The Kier molecular flexibility index (Phi) is 18.2. The van der Waals surface area contributed by atoms with E-state index in [4.69, 9.17) is 54.5 Å². The number of nitrogen functional groups attached to an aromatic ring is 1. The van der Waals surface area contributed by atoms with E-state index in [9.17, 15) is 31.3 Å². The van der Waals surface area contributed by atoms with Crippen molar-refractivity contribution in [2.45, 2.75) is 9.79 Å². The molecule has 0 amide bonds. The quantitative estimate of drug-likeness (QED) is 0.0232. The number of nitrogens with one attached hydrogen (secondary N) is 2. The van der Waals surface area contributed by atoms with E-state index in [1.807, 2.05) is 0 Å². The summed E-state index contributed by atoms with van der Waals surface area (Å²) in [5, 5.41) is 17.5. The molecule has 0 radical (unpaired) electrons. The summed E-state index contributed by atoms with van der Waals surface area (Å²) in [5.74, 6) is -1.96. The summed E-state index contributed by atoms with van der Waals surface area (Å²) in [6, 6.07) is 10.8. The molecule has 57 heavy (non-hydrogen) atoms. The SMILES string of the molecule is N=c1ccc2c(-c3ccccc3C(=O)O)c3ccc(N)c(S(=O)(=O)NCCOCCOCCOCCOCCOCCOCCOCCN)c3oc-2c1S(=O)(=O)[O-]. The molecule has 0 aromatic heterocycles. The van der Waals surface area contributed by atoms with Crippen molar-refractivity contribution in [3.05, 3.63) is 59.5 Å². The molecule has 0 bridgehead atoms. The molecule has 1 heterocycles. The topological polar surface area (TPSA) is 294 Å². The van der Waals surface area contributed by atoms with E-state index in [1.54, 1.807) is 0 Å². The molecule has 21 heteroatoms. The van der Waals surface area contributed by atoms with Gasteiger partial charge in [0.05, 0.1) is 109 Å². The van der Waals surface area contributed by atoms with Crippen LogP contribution in [0.25, 0.3) is 33.4 Å². The van der Waals surface area contributed by atoms with E-state index < -0.39 is 52.6 Å². The summed E-state index contributed by atoms with van der Waals surface area (Å²) in [6.07, 6.45) is 0. The van der Waals surface area contributed by atoms with Gasteiger partial charge in [0.15, 0.2) is 11.3 Å². The first-order valence-corrected chi connectivity index (χ1v) is 20.7. The highest BCUT2D eigenvalue weighted by molar-refractivity contribution is 7.90. The Morgan fingerprint density at radius 3 is 1.72 bits per heavy atom. The van der Waals surface area contributed by atoms with Crippen LogP contribution in [-0.4, -0.2) is 138 Å². The van der Waals surface area contributed by atoms with Crippen LogP contribution in [0.5, 0.6) is 0 Å². The largest absolute Gasteiger partial charge is 0.744 e. The van der Waals surface area contributed by atoms with Crippen molar-refractivity contribution in [1.82, 2.24) is 4.72 Å². The number of carbonyl (C=O) groups is 1. The van der Waals surface area contributed by atoms with Gasteiger partial charge < -0.3 is 58.7 Å². The molecule has 314 valence electrons. The molecule has 0 atom stereocenters. The average Bonchev–Trinajstić information content (AvgIpc) is 3.16. The van der Waals surface area contributed by atoms with Gasteiger partial charge in [-0.05, 0) is 35.9 Å². The lowest BCUT2D eigenvalue weighted by molar-refractivity contribution is -0.0200. The maximum absolute atomic E-state index is 13.7. The fourth-order valence-electron chi connectivity index (χ4n) is 5.51. The zero-order chi connectivity index (χ0) is 41.3. The number of fused-ring (bicyclic) bond motifs is 2. The first kappa shape index (κ1) is 45.6. The number of nitrogens with two attached hydrogens (primary N) is 2. The summed E-state index contributed by atoms with van der Waals surface area (Å²) < 4.78 is 111. The van der Waals surface area contributed by atoms with Gasteiger partial charge in [-0.1, -0.05) is 18.2 Å². The third-order valence-electron chi connectivity index (χ3n) is 7.98. The number of hydrogen-bond donors (Lipinski definition) is 5. The third kappa shape index (κ3) is 13.2. The number of anilines is 1. The summed E-state index contributed by atoms with van der Waals surface area (Å²) in [6.45, 7) is 5.20. The minimum atomic E-state index is -5.35. The molecule has 4 rings (SSSR count). The zero-order valence-corrected chi connectivity index (χ0v) is 32.7. The molecule has 2 aliphatic rings. The van der Waals surface area contributed by atoms with Crippen LogP contribution in [-0.2, 0) is 53.3 Å². The number of benzene rings is 3. The fourth-order valence-corrected chi connectivity index (χ4v) is 7.50. The molecule has 0 saturated carbocycles. The van der Waals surface area contributed by atoms with Gasteiger partial charge in [-0.15, -0.1) is 0 Å². The van der Waals surface area contributed by atoms with E-state index in [-0.39, 0.29) is 59.7 Å². The van der Waals surface area contributed by atoms with Gasteiger partial charge >= 0.3 is 5.97 Å². The molecule has 2 aromatic rings. The molecule has 0 fully saturated rings. The second-order valence-electron chi connectivity index (χ2n) is 11.9. The van der Waals surface area contributed by atoms with Gasteiger partial charge in [0.1, 0.15) is 19.9 Å². The molecule has 0 spiro atoms. The Labute approximate surface area is 329 Å². The van der Waals surface area contributed by atoms with Crippen LogP contribution in [0.2, 0.25) is 0 Å². The number of rotatable bonds is 28. The van der Waals surface area contributed by atoms with Crippen LogP contribution in [0, 0.1) is 5.41 Å². The minimum Gasteiger partial charge on any atom is -0.744 e. The van der Waals surface area contributed by atoms with Gasteiger partial charge in [-0.2, -0.15) is 0 Å². The molecular weight excluding hydrogens is 793 g/mol. The number of carboxylic acid groups (broad SMARTS) is 1. The summed E-state index contributed by atoms with van der Waals surface area (Å²) in [5.41, 5.74) is 10.6. The normalized spacial score (nSPS) is 12.2. The van der Waals surface area contributed by atoms with Crippen molar-refractivity contribution in [2.75, 3.05) is 111 Å². The van der Waals surface area contributed by atoms with Crippen LogP contribution < -0.4 is 21.5 Å². The Morgan fingerprint density at radius 1 is 0.702 bits per heavy atom. The van der Waals surface area contributed by atoms with Gasteiger partial charge in [0, 0.05) is 29.6 Å². The summed E-state index contributed by atoms with van der Waals surface area (Å²) >= 11 is 0. The van der Waals surface area contributed by atoms with Gasteiger partial charge in [0.2, 0.25) is 10.0 Å². The van der Waals surface area contributed by atoms with Crippen molar-refractivity contribution in [2.24, 2.45) is 5.73 Å². The van der Waals surface area contributed by atoms with Crippen molar-refractivity contribution in [3.8, 4) is 22.5 Å². The predicted molar refractivity (Wildman–Crippen MR) is 203 cm³/mol. The second-order valence-corrected chi connectivity index (χ2v) is 15.0. The number of carboxylic acids is 1. The van der Waals surface area contributed by atoms with Crippen LogP contribution in [0.3, 0.4) is 0 Å². The Morgan fingerprint density at radius 2 is 1.21 bits per heavy atom. The number of sulfonamides is 1. The molecule has 0 saturated heterocycles. The highest BCUT2D eigenvalue weighted by Crippen LogP contribution is 2.45. The van der Waals surface area contributed by atoms with Crippen molar-refractivity contribution in [1.29, 1.82) is 5.41 Å². The van der Waals surface area contributed by atoms with Crippen molar-refractivity contribution in [3.63, 3.8) is 0 Å². The lowest BCUT2D eigenvalue weighted by Gasteiger charge is -2.21.